The van der Waals surface area contributed by atoms with Crippen LogP contribution in [-0.4, -0.2) is 60.4 Å². The Morgan fingerprint density at radius 3 is 1.70 bits per heavy atom. The molecule has 0 aromatic rings. The molecule has 10 heteroatoms. The summed E-state index contributed by atoms with van der Waals surface area (Å²) in [6, 6.07) is 0. The molecule has 1 fully saturated rings. The third kappa shape index (κ3) is 5.17. The van der Waals surface area contributed by atoms with Gasteiger partial charge in [0.1, 0.15) is 0 Å². The minimum absolute atomic E-state index is 0.668. The maximum atomic E-state index is 11.9. The molecule has 0 saturated carbocycles. The molecule has 0 aliphatic carbocycles. The molecule has 5 atom stereocenters. The van der Waals surface area contributed by atoms with E-state index in [4.69, 9.17) is 18.9 Å². The van der Waals surface area contributed by atoms with Crippen molar-refractivity contribution in [2.24, 2.45) is 0 Å². The van der Waals surface area contributed by atoms with Crippen LogP contribution in [0.4, 0.5) is 0 Å². The first-order valence-electron chi connectivity index (χ1n) is 6.56. The fraction of sp³-hybridized carbons (Fsp3) is 0.692. The number of rotatable bonds is 4. The van der Waals surface area contributed by atoms with E-state index >= 15 is 0 Å². The summed E-state index contributed by atoms with van der Waals surface area (Å²) in [5.74, 6) is -2.95. The molecule has 1 aliphatic heterocycles. The van der Waals surface area contributed by atoms with Crippen molar-refractivity contribution in [1.29, 1.82) is 0 Å². The van der Waals surface area contributed by atoms with Crippen LogP contribution in [0.15, 0.2) is 0 Å². The summed E-state index contributed by atoms with van der Waals surface area (Å²) in [4.78, 5) is 45.8. The molecular formula is C13H17BrO9. The number of alkyl halides is 1. The van der Waals surface area contributed by atoms with Crippen LogP contribution in [0.5, 0.6) is 0 Å². The van der Waals surface area contributed by atoms with E-state index in [1.54, 1.807) is 0 Å². The highest BCUT2D eigenvalue weighted by Crippen LogP contribution is 2.31. The zero-order valence-corrected chi connectivity index (χ0v) is 14.5. The number of esters is 4. The Labute approximate surface area is 140 Å². The van der Waals surface area contributed by atoms with Crippen LogP contribution in [0.3, 0.4) is 0 Å². The van der Waals surface area contributed by atoms with Gasteiger partial charge in [-0.05, 0) is 0 Å². The van der Waals surface area contributed by atoms with Crippen LogP contribution in [0, 0.1) is 0 Å². The molecule has 9 nitrogen and oxygen atoms in total. The first-order chi connectivity index (χ1) is 10.7. The fourth-order valence-corrected chi connectivity index (χ4v) is 2.71. The Hall–Kier alpha value is -1.68. The van der Waals surface area contributed by atoms with E-state index in [1.807, 2.05) is 0 Å². The van der Waals surface area contributed by atoms with Gasteiger partial charge >= 0.3 is 23.9 Å². The molecule has 0 aromatic heterocycles. The van der Waals surface area contributed by atoms with Crippen LogP contribution < -0.4 is 0 Å². The number of methoxy groups -OCH3 is 1. The maximum Gasteiger partial charge on any atom is 0.339 e. The quantitative estimate of drug-likeness (QED) is 0.369. The van der Waals surface area contributed by atoms with Crippen molar-refractivity contribution >= 4 is 39.8 Å². The SMILES string of the molecule is COC(=O)[C@H]1O[C@H](Br)[C@H](OC(C)=O)[C@H](OC(C)=O)[C@@H]1OC(C)=O. The monoisotopic (exact) mass is 396 g/mol. The van der Waals surface area contributed by atoms with Crippen LogP contribution in [0.1, 0.15) is 20.8 Å². The van der Waals surface area contributed by atoms with Gasteiger partial charge in [-0.1, -0.05) is 15.9 Å². The topological polar surface area (TPSA) is 114 Å². The van der Waals surface area contributed by atoms with Crippen molar-refractivity contribution < 1.29 is 42.9 Å². The zero-order valence-electron chi connectivity index (χ0n) is 12.9. The van der Waals surface area contributed by atoms with Gasteiger partial charge in [0, 0.05) is 20.8 Å². The van der Waals surface area contributed by atoms with Crippen molar-refractivity contribution in [2.45, 2.75) is 50.2 Å². The summed E-state index contributed by atoms with van der Waals surface area (Å²) in [6.07, 6.45) is -5.06. The first kappa shape index (κ1) is 19.4. The molecule has 0 N–H and O–H groups in total. The van der Waals surface area contributed by atoms with E-state index in [2.05, 4.69) is 20.7 Å². The highest BCUT2D eigenvalue weighted by atomic mass is 79.9. The summed E-state index contributed by atoms with van der Waals surface area (Å²) in [5, 5.41) is -0.980. The molecule has 1 rings (SSSR count). The van der Waals surface area contributed by atoms with Gasteiger partial charge in [0.15, 0.2) is 29.4 Å². The highest BCUT2D eigenvalue weighted by Gasteiger charge is 2.53. The Morgan fingerprint density at radius 1 is 0.826 bits per heavy atom. The van der Waals surface area contributed by atoms with Crippen LogP contribution in [-0.2, 0) is 42.9 Å². The lowest BCUT2D eigenvalue weighted by atomic mass is 9.99. The molecular weight excluding hydrogens is 380 g/mol. The summed E-state index contributed by atoms with van der Waals surface area (Å²) >= 11 is 3.11. The highest BCUT2D eigenvalue weighted by molar-refractivity contribution is 9.09. The van der Waals surface area contributed by atoms with E-state index in [0.29, 0.717) is 0 Å². The minimum atomic E-state index is -1.36. The van der Waals surface area contributed by atoms with Gasteiger partial charge < -0.3 is 23.7 Å². The Morgan fingerprint density at radius 2 is 1.26 bits per heavy atom. The summed E-state index contributed by atoms with van der Waals surface area (Å²) in [7, 11) is 1.12. The lowest BCUT2D eigenvalue weighted by Gasteiger charge is -2.41. The van der Waals surface area contributed by atoms with E-state index in [-0.39, 0.29) is 0 Å². The fourth-order valence-electron chi connectivity index (χ4n) is 2.07. The van der Waals surface area contributed by atoms with Crippen molar-refractivity contribution in [3.63, 3.8) is 0 Å². The number of carbonyl (C=O) groups excluding carboxylic acids is 4. The number of halogens is 1. The van der Waals surface area contributed by atoms with Crippen molar-refractivity contribution in [1.82, 2.24) is 0 Å². The minimum Gasteiger partial charge on any atom is -0.467 e. The van der Waals surface area contributed by atoms with Crippen LogP contribution in [0.2, 0.25) is 0 Å². The number of hydrogen-bond acceptors (Lipinski definition) is 9. The van der Waals surface area contributed by atoms with Crippen LogP contribution >= 0.6 is 15.9 Å². The second-order valence-corrected chi connectivity index (χ2v) is 5.56. The van der Waals surface area contributed by atoms with Crippen LogP contribution in [0.25, 0.3) is 0 Å². The standard InChI is InChI=1S/C13H17BrO9/c1-5(15)20-8-9(21-6(2)16)11(13(18)19-4)23-12(14)10(8)22-7(3)17/h8-12H,1-4H3/t8-,9+,10-,11+,12+/m1/s1. The summed E-state index contributed by atoms with van der Waals surface area (Å²) in [6.45, 7) is 3.39. The molecule has 0 amide bonds. The summed E-state index contributed by atoms with van der Waals surface area (Å²) in [5.41, 5.74) is 0. The lowest BCUT2D eigenvalue weighted by molar-refractivity contribution is -0.234. The largest absolute Gasteiger partial charge is 0.467 e. The molecule has 0 bridgehead atoms. The third-order valence-corrected chi connectivity index (χ3v) is 3.56. The molecule has 23 heavy (non-hydrogen) atoms. The predicted octanol–water partition coefficient (Wildman–Crippen LogP) is 0.0743. The lowest BCUT2D eigenvalue weighted by Crippen LogP contribution is -2.61. The van der Waals surface area contributed by atoms with E-state index in [9.17, 15) is 19.2 Å². The molecule has 0 unspecified atom stereocenters. The molecule has 130 valence electrons. The van der Waals surface area contributed by atoms with E-state index < -0.39 is 53.3 Å². The van der Waals surface area contributed by atoms with Gasteiger partial charge in [-0.2, -0.15) is 0 Å². The number of ether oxygens (including phenoxy) is 5. The second-order valence-electron chi connectivity index (χ2n) is 4.65. The van der Waals surface area contributed by atoms with Gasteiger partial charge in [-0.3, -0.25) is 14.4 Å². The van der Waals surface area contributed by atoms with E-state index in [1.165, 1.54) is 0 Å². The van der Waals surface area contributed by atoms with Gasteiger partial charge in [0.2, 0.25) is 0 Å². The molecule has 1 aliphatic rings. The second kappa shape index (κ2) is 8.25. The Bertz CT molecular complexity index is 492. The van der Waals surface area contributed by atoms with Gasteiger partial charge in [-0.25, -0.2) is 4.79 Å². The van der Waals surface area contributed by atoms with E-state index in [0.717, 1.165) is 27.9 Å². The van der Waals surface area contributed by atoms with Crippen molar-refractivity contribution in [3.05, 3.63) is 0 Å². The predicted molar refractivity (Wildman–Crippen MR) is 76.3 cm³/mol. The Kier molecular flexibility index (Phi) is 6.95. The smallest absolute Gasteiger partial charge is 0.339 e. The molecule has 1 saturated heterocycles. The Balaban J connectivity index is 3.21. The summed E-state index contributed by atoms with van der Waals surface area (Å²) < 4.78 is 25.2. The number of carbonyl (C=O) groups is 4. The molecule has 1 heterocycles. The van der Waals surface area contributed by atoms with Crippen molar-refractivity contribution in [2.75, 3.05) is 7.11 Å². The average molecular weight is 397 g/mol. The first-order valence-corrected chi connectivity index (χ1v) is 7.48. The van der Waals surface area contributed by atoms with Crippen molar-refractivity contribution in [3.8, 4) is 0 Å². The van der Waals surface area contributed by atoms with Gasteiger partial charge in [-0.15, -0.1) is 0 Å². The molecule has 0 spiro atoms. The van der Waals surface area contributed by atoms with Gasteiger partial charge in [0.05, 0.1) is 7.11 Å². The molecule has 0 radical (unpaired) electrons. The average Bonchev–Trinajstić information content (AvgIpc) is 2.43. The zero-order chi connectivity index (χ0) is 17.7. The van der Waals surface area contributed by atoms with Gasteiger partial charge in [0.25, 0.3) is 0 Å². The number of hydrogen-bond donors (Lipinski definition) is 0. The maximum absolute atomic E-state index is 11.9. The third-order valence-electron chi connectivity index (χ3n) is 2.82. The molecule has 0 aromatic carbocycles. The normalized spacial score (nSPS) is 30.0.